The summed E-state index contributed by atoms with van der Waals surface area (Å²) in [6, 6.07) is 3.96. The normalized spacial score (nSPS) is 13.7. The number of benzene rings is 1. The summed E-state index contributed by atoms with van der Waals surface area (Å²) in [7, 11) is -4.04. The van der Waals surface area contributed by atoms with Crippen LogP contribution in [-0.2, 0) is 19.4 Å². The lowest BCUT2D eigenvalue weighted by molar-refractivity contribution is -0.127. The molecule has 124 valence electrons. The number of nitrogens with zero attached hydrogens (tertiary/aromatic N) is 1. The summed E-state index contributed by atoms with van der Waals surface area (Å²) in [6.45, 7) is 3.48. The van der Waals surface area contributed by atoms with Crippen molar-refractivity contribution in [2.45, 2.75) is 30.4 Å². The lowest BCUT2D eigenvalue weighted by atomic mass is 10.2. The Morgan fingerprint density at radius 3 is 2.14 bits per heavy atom. The second-order valence-electron chi connectivity index (χ2n) is 4.40. The second kappa shape index (κ2) is 6.66. The van der Waals surface area contributed by atoms with Crippen molar-refractivity contribution >= 4 is 21.4 Å². The number of amides is 1. The van der Waals surface area contributed by atoms with Gasteiger partial charge in [-0.3, -0.25) is 4.79 Å². The van der Waals surface area contributed by atoms with Gasteiger partial charge in [0.25, 0.3) is 15.7 Å². The van der Waals surface area contributed by atoms with Gasteiger partial charge in [0, 0.05) is 19.3 Å². The highest BCUT2D eigenvalue weighted by molar-refractivity contribution is 7.92. The van der Waals surface area contributed by atoms with E-state index in [-0.39, 0.29) is 18.1 Å². The van der Waals surface area contributed by atoms with Crippen molar-refractivity contribution in [1.29, 1.82) is 0 Å². The van der Waals surface area contributed by atoms with Gasteiger partial charge >= 0.3 is 5.51 Å². The molecule has 0 saturated heterocycles. The molecule has 0 unspecified atom stereocenters. The first-order valence-corrected chi connectivity index (χ1v) is 7.80. The van der Waals surface area contributed by atoms with E-state index in [2.05, 4.69) is 0 Å². The van der Waals surface area contributed by atoms with Gasteiger partial charge in [-0.1, -0.05) is 0 Å². The number of rotatable bonds is 5. The maximum absolute atomic E-state index is 12.5. The Kier molecular flexibility index (Phi) is 5.58. The lowest BCUT2D eigenvalue weighted by Gasteiger charge is -2.24. The van der Waals surface area contributed by atoms with E-state index in [9.17, 15) is 26.4 Å². The maximum atomic E-state index is 12.5. The molecule has 1 aromatic carbocycles. The predicted molar refractivity (Wildman–Crippen MR) is 74.2 cm³/mol. The van der Waals surface area contributed by atoms with E-state index < -0.39 is 26.3 Å². The van der Waals surface area contributed by atoms with Crippen molar-refractivity contribution in [3.63, 3.8) is 0 Å². The summed E-state index contributed by atoms with van der Waals surface area (Å²) in [4.78, 5) is 12.5. The molecular weight excluding hydrogens is 323 g/mol. The first kappa shape index (κ1) is 18.4. The average molecular weight is 339 g/mol. The zero-order valence-electron chi connectivity index (χ0n) is 12.2. The van der Waals surface area contributed by atoms with Crippen LogP contribution in [0.4, 0.5) is 18.9 Å². The molecule has 1 aromatic rings. The van der Waals surface area contributed by atoms with Gasteiger partial charge in [0.05, 0.1) is 4.90 Å². The zero-order chi connectivity index (χ0) is 17.1. The van der Waals surface area contributed by atoms with E-state index in [4.69, 9.17) is 4.74 Å². The van der Waals surface area contributed by atoms with Crippen LogP contribution in [0.1, 0.15) is 13.8 Å². The molecule has 1 atom stereocenters. The fraction of sp³-hybridized carbons (Fsp3) is 0.462. The van der Waals surface area contributed by atoms with E-state index in [0.717, 1.165) is 24.3 Å². The van der Waals surface area contributed by atoms with Gasteiger partial charge in [0.15, 0.2) is 0 Å². The maximum Gasteiger partial charge on any atom is 0.501 e. The average Bonchev–Trinajstić information content (AvgIpc) is 2.46. The molecule has 0 radical (unpaired) electrons. The van der Waals surface area contributed by atoms with Crippen molar-refractivity contribution in [2.75, 3.05) is 18.6 Å². The van der Waals surface area contributed by atoms with E-state index in [1.165, 1.54) is 18.9 Å². The number of sulfone groups is 1. The highest BCUT2D eigenvalue weighted by atomic mass is 32.2. The number of alkyl halides is 3. The first-order valence-electron chi connectivity index (χ1n) is 6.31. The summed E-state index contributed by atoms with van der Waals surface area (Å²) >= 11 is 0. The zero-order valence-corrected chi connectivity index (χ0v) is 13.0. The van der Waals surface area contributed by atoms with Crippen molar-refractivity contribution in [3.8, 4) is 0 Å². The van der Waals surface area contributed by atoms with Gasteiger partial charge in [0.2, 0.25) is 0 Å². The second-order valence-corrected chi connectivity index (χ2v) is 6.34. The molecule has 0 aromatic heterocycles. The largest absolute Gasteiger partial charge is 0.501 e. The molecule has 5 nitrogen and oxygen atoms in total. The third-order valence-corrected chi connectivity index (χ3v) is 4.55. The summed E-state index contributed by atoms with van der Waals surface area (Å²) in [6.07, 6.45) is -0.724. The van der Waals surface area contributed by atoms with Gasteiger partial charge < -0.3 is 9.64 Å². The van der Waals surface area contributed by atoms with Crippen LogP contribution < -0.4 is 4.90 Å². The van der Waals surface area contributed by atoms with Crippen molar-refractivity contribution in [2.24, 2.45) is 0 Å². The van der Waals surface area contributed by atoms with Gasteiger partial charge in [-0.2, -0.15) is 13.2 Å². The topological polar surface area (TPSA) is 63.7 Å². The summed E-state index contributed by atoms with van der Waals surface area (Å²) in [5, 5.41) is 0. The Morgan fingerprint density at radius 2 is 1.77 bits per heavy atom. The van der Waals surface area contributed by atoms with Gasteiger partial charge in [-0.25, -0.2) is 8.42 Å². The fourth-order valence-electron chi connectivity index (χ4n) is 1.72. The fourth-order valence-corrected chi connectivity index (χ4v) is 2.49. The molecule has 0 N–H and O–H groups in total. The molecule has 0 aliphatic heterocycles. The number of ether oxygens (including phenoxy) is 1. The Morgan fingerprint density at radius 1 is 1.27 bits per heavy atom. The lowest BCUT2D eigenvalue weighted by Crippen LogP contribution is -2.38. The van der Waals surface area contributed by atoms with Crippen LogP contribution in [0.25, 0.3) is 0 Å². The Hall–Kier alpha value is -1.61. The molecule has 1 amide bonds. The SMILES string of the molecule is CCN(C(=O)[C@@H](C)OC)c1ccc(S(=O)(=O)C(F)(F)F)cc1. The number of hydrogen-bond donors (Lipinski definition) is 0. The van der Waals surface area contributed by atoms with E-state index in [1.54, 1.807) is 6.92 Å². The number of likely N-dealkylation sites (N-methyl/N-ethyl adjacent to an activating group) is 1. The minimum Gasteiger partial charge on any atom is -0.372 e. The molecule has 0 heterocycles. The first-order chi connectivity index (χ1) is 10.1. The molecule has 0 aliphatic carbocycles. The van der Waals surface area contributed by atoms with Crippen LogP contribution in [0.5, 0.6) is 0 Å². The quantitative estimate of drug-likeness (QED) is 0.826. The third-order valence-electron chi connectivity index (χ3n) is 3.05. The predicted octanol–water partition coefficient (Wildman–Crippen LogP) is 2.37. The minimum atomic E-state index is -5.39. The van der Waals surface area contributed by atoms with Crippen LogP contribution in [0.2, 0.25) is 0 Å². The van der Waals surface area contributed by atoms with Crippen LogP contribution in [0.15, 0.2) is 29.2 Å². The van der Waals surface area contributed by atoms with Crippen molar-refractivity contribution in [1.82, 2.24) is 0 Å². The van der Waals surface area contributed by atoms with E-state index in [1.807, 2.05) is 0 Å². The van der Waals surface area contributed by atoms with Gasteiger partial charge in [-0.15, -0.1) is 0 Å². The molecular formula is C13H16F3NO4S. The summed E-state index contributed by atoms with van der Waals surface area (Å²) < 4.78 is 64.8. The van der Waals surface area contributed by atoms with Crippen LogP contribution in [-0.4, -0.2) is 39.6 Å². The highest BCUT2D eigenvalue weighted by Gasteiger charge is 2.46. The number of halogens is 3. The molecule has 0 spiro atoms. The summed E-state index contributed by atoms with van der Waals surface area (Å²) in [5.74, 6) is -0.378. The summed E-state index contributed by atoms with van der Waals surface area (Å²) in [5.41, 5.74) is -5.07. The third kappa shape index (κ3) is 3.58. The number of hydrogen-bond acceptors (Lipinski definition) is 4. The number of carbonyl (C=O) groups is 1. The van der Waals surface area contributed by atoms with E-state index in [0.29, 0.717) is 0 Å². The Bertz CT molecular complexity index is 626. The minimum absolute atomic E-state index is 0.262. The number of anilines is 1. The Balaban J connectivity index is 3.14. The molecule has 0 saturated carbocycles. The monoisotopic (exact) mass is 339 g/mol. The van der Waals surface area contributed by atoms with Gasteiger partial charge in [0.1, 0.15) is 6.10 Å². The van der Waals surface area contributed by atoms with Crippen molar-refractivity contribution < 1.29 is 31.1 Å². The van der Waals surface area contributed by atoms with E-state index >= 15 is 0 Å². The molecule has 0 bridgehead atoms. The molecule has 0 aliphatic rings. The molecule has 22 heavy (non-hydrogen) atoms. The van der Waals surface area contributed by atoms with Crippen LogP contribution in [0, 0.1) is 0 Å². The molecule has 1 rings (SSSR count). The number of methoxy groups -OCH3 is 1. The molecule has 0 fully saturated rings. The smallest absolute Gasteiger partial charge is 0.372 e. The van der Waals surface area contributed by atoms with Crippen LogP contribution >= 0.6 is 0 Å². The van der Waals surface area contributed by atoms with Gasteiger partial charge in [-0.05, 0) is 38.1 Å². The Labute approximate surface area is 126 Å². The van der Waals surface area contributed by atoms with Crippen molar-refractivity contribution in [3.05, 3.63) is 24.3 Å². The van der Waals surface area contributed by atoms with Crippen LogP contribution in [0.3, 0.4) is 0 Å². The standard InChI is InChI=1S/C13H16F3NO4S/c1-4-17(12(18)9(2)21-3)10-5-7-11(8-6-10)22(19,20)13(14,15)16/h5-9H,4H2,1-3H3/t9-/m1/s1. The molecule has 9 heteroatoms. The highest BCUT2D eigenvalue weighted by Crippen LogP contribution is 2.31. The number of carbonyl (C=O) groups excluding carboxylic acids is 1.